The van der Waals surface area contributed by atoms with E-state index in [1.807, 2.05) is 6.92 Å². The predicted octanol–water partition coefficient (Wildman–Crippen LogP) is 0.495. The Balaban J connectivity index is 2.72. The molecule has 0 fully saturated rings. The maximum atomic E-state index is 9.78. The molecule has 1 aromatic rings. The van der Waals surface area contributed by atoms with Gasteiger partial charge >= 0.3 is 0 Å². The van der Waals surface area contributed by atoms with Gasteiger partial charge in [0.1, 0.15) is 6.10 Å². The number of aliphatic hydroxyl groups is 1. The summed E-state index contributed by atoms with van der Waals surface area (Å²) in [7, 11) is 0. The molecule has 0 aliphatic carbocycles. The summed E-state index contributed by atoms with van der Waals surface area (Å²) in [4.78, 5) is 7.96. The summed E-state index contributed by atoms with van der Waals surface area (Å²) in [6, 6.07) is 1.72. The quantitative estimate of drug-likeness (QED) is 0.709. The van der Waals surface area contributed by atoms with Crippen LogP contribution in [0.15, 0.2) is 18.5 Å². The SMILES string of the molecule is CCC(CN)C(O)c1ncccn1. The molecule has 0 saturated carbocycles. The predicted molar refractivity (Wildman–Crippen MR) is 49.8 cm³/mol. The van der Waals surface area contributed by atoms with Gasteiger partial charge in [0, 0.05) is 18.3 Å². The van der Waals surface area contributed by atoms with Gasteiger partial charge in [0.2, 0.25) is 0 Å². The van der Waals surface area contributed by atoms with Crippen LogP contribution in [0.3, 0.4) is 0 Å². The fourth-order valence-electron chi connectivity index (χ4n) is 1.19. The van der Waals surface area contributed by atoms with Gasteiger partial charge in [-0.25, -0.2) is 9.97 Å². The molecule has 1 aromatic heterocycles. The van der Waals surface area contributed by atoms with E-state index < -0.39 is 6.10 Å². The average molecular weight is 181 g/mol. The summed E-state index contributed by atoms with van der Waals surface area (Å²) < 4.78 is 0. The second kappa shape index (κ2) is 4.89. The van der Waals surface area contributed by atoms with Crippen molar-refractivity contribution >= 4 is 0 Å². The van der Waals surface area contributed by atoms with E-state index in [1.54, 1.807) is 18.5 Å². The monoisotopic (exact) mass is 181 g/mol. The minimum atomic E-state index is -0.642. The van der Waals surface area contributed by atoms with Crippen LogP contribution >= 0.6 is 0 Å². The van der Waals surface area contributed by atoms with Gasteiger partial charge in [0.25, 0.3) is 0 Å². The lowest BCUT2D eigenvalue weighted by molar-refractivity contribution is 0.101. The Morgan fingerprint density at radius 1 is 1.46 bits per heavy atom. The minimum Gasteiger partial charge on any atom is -0.385 e. The first-order chi connectivity index (χ1) is 6.29. The van der Waals surface area contributed by atoms with Crippen LogP contribution in [0.2, 0.25) is 0 Å². The maximum Gasteiger partial charge on any atom is 0.157 e. The first-order valence-corrected chi connectivity index (χ1v) is 4.44. The van der Waals surface area contributed by atoms with Crippen molar-refractivity contribution in [2.75, 3.05) is 6.54 Å². The molecule has 0 aromatic carbocycles. The molecular weight excluding hydrogens is 166 g/mol. The number of aromatic nitrogens is 2. The number of rotatable bonds is 4. The number of hydrogen-bond acceptors (Lipinski definition) is 4. The van der Waals surface area contributed by atoms with Gasteiger partial charge in [0.05, 0.1) is 0 Å². The van der Waals surface area contributed by atoms with Gasteiger partial charge in [-0.2, -0.15) is 0 Å². The maximum absolute atomic E-state index is 9.78. The van der Waals surface area contributed by atoms with Crippen molar-refractivity contribution in [1.29, 1.82) is 0 Å². The van der Waals surface area contributed by atoms with Crippen molar-refractivity contribution in [3.05, 3.63) is 24.3 Å². The van der Waals surface area contributed by atoms with Gasteiger partial charge in [-0.1, -0.05) is 6.92 Å². The summed E-state index contributed by atoms with van der Waals surface area (Å²) >= 11 is 0. The Bertz CT molecular complexity index is 236. The van der Waals surface area contributed by atoms with Crippen LogP contribution in [0.1, 0.15) is 25.3 Å². The summed E-state index contributed by atoms with van der Waals surface area (Å²) in [5.74, 6) is 0.502. The van der Waals surface area contributed by atoms with Crippen LogP contribution in [-0.2, 0) is 0 Å². The third-order valence-electron chi connectivity index (χ3n) is 2.12. The van der Waals surface area contributed by atoms with Crippen molar-refractivity contribution in [3.63, 3.8) is 0 Å². The number of nitrogens with zero attached hydrogens (tertiary/aromatic N) is 2. The van der Waals surface area contributed by atoms with E-state index in [-0.39, 0.29) is 5.92 Å². The average Bonchev–Trinajstić information content (AvgIpc) is 2.21. The van der Waals surface area contributed by atoms with Crippen molar-refractivity contribution in [1.82, 2.24) is 9.97 Å². The largest absolute Gasteiger partial charge is 0.385 e. The molecular formula is C9H15N3O. The second-order valence-corrected chi connectivity index (χ2v) is 2.96. The van der Waals surface area contributed by atoms with E-state index in [0.29, 0.717) is 12.4 Å². The molecule has 2 unspecified atom stereocenters. The summed E-state index contributed by atoms with van der Waals surface area (Å²) in [6.45, 7) is 2.44. The molecule has 72 valence electrons. The second-order valence-electron chi connectivity index (χ2n) is 2.96. The Labute approximate surface area is 77.8 Å². The first kappa shape index (κ1) is 10.1. The molecule has 0 aliphatic rings. The third kappa shape index (κ3) is 2.47. The summed E-state index contributed by atoms with van der Waals surface area (Å²) in [5.41, 5.74) is 5.51. The standard InChI is InChI=1S/C9H15N3O/c1-2-7(6-10)8(13)9-11-4-3-5-12-9/h3-5,7-8,13H,2,6,10H2,1H3. The minimum absolute atomic E-state index is 0.0439. The fraction of sp³-hybridized carbons (Fsp3) is 0.556. The Morgan fingerprint density at radius 3 is 2.54 bits per heavy atom. The van der Waals surface area contributed by atoms with Gasteiger partial charge in [-0.3, -0.25) is 0 Å². The highest BCUT2D eigenvalue weighted by Crippen LogP contribution is 2.19. The van der Waals surface area contributed by atoms with E-state index in [4.69, 9.17) is 5.73 Å². The molecule has 4 heteroatoms. The highest BCUT2D eigenvalue weighted by molar-refractivity contribution is 4.94. The van der Waals surface area contributed by atoms with Crippen LogP contribution in [0.25, 0.3) is 0 Å². The van der Waals surface area contributed by atoms with E-state index in [2.05, 4.69) is 9.97 Å². The third-order valence-corrected chi connectivity index (χ3v) is 2.12. The van der Waals surface area contributed by atoms with Gasteiger partial charge in [0.15, 0.2) is 5.82 Å². The topological polar surface area (TPSA) is 72.0 Å². The Morgan fingerprint density at radius 2 is 2.08 bits per heavy atom. The van der Waals surface area contributed by atoms with Crippen LogP contribution in [0.4, 0.5) is 0 Å². The van der Waals surface area contributed by atoms with Gasteiger partial charge < -0.3 is 10.8 Å². The van der Waals surface area contributed by atoms with Gasteiger partial charge in [-0.15, -0.1) is 0 Å². The van der Waals surface area contributed by atoms with Crippen molar-refractivity contribution < 1.29 is 5.11 Å². The van der Waals surface area contributed by atoms with Crippen molar-refractivity contribution in [2.24, 2.45) is 11.7 Å². The molecule has 2 atom stereocenters. The van der Waals surface area contributed by atoms with Crippen LogP contribution in [0, 0.1) is 5.92 Å². The smallest absolute Gasteiger partial charge is 0.157 e. The highest BCUT2D eigenvalue weighted by Gasteiger charge is 2.19. The molecule has 1 rings (SSSR count). The lowest BCUT2D eigenvalue weighted by Crippen LogP contribution is -2.22. The Hall–Kier alpha value is -1.00. The molecule has 0 aliphatic heterocycles. The van der Waals surface area contributed by atoms with E-state index >= 15 is 0 Å². The lowest BCUT2D eigenvalue weighted by Gasteiger charge is -2.17. The van der Waals surface area contributed by atoms with E-state index in [1.165, 1.54) is 0 Å². The number of aliphatic hydroxyl groups excluding tert-OH is 1. The molecule has 3 N–H and O–H groups in total. The van der Waals surface area contributed by atoms with E-state index in [0.717, 1.165) is 6.42 Å². The molecule has 13 heavy (non-hydrogen) atoms. The molecule has 1 heterocycles. The summed E-state index contributed by atoms with van der Waals surface area (Å²) in [5, 5.41) is 9.78. The summed E-state index contributed by atoms with van der Waals surface area (Å²) in [6.07, 6.45) is 3.43. The lowest BCUT2D eigenvalue weighted by atomic mass is 9.99. The zero-order valence-corrected chi connectivity index (χ0v) is 7.72. The first-order valence-electron chi connectivity index (χ1n) is 4.44. The molecule has 0 radical (unpaired) electrons. The van der Waals surface area contributed by atoms with Crippen LogP contribution < -0.4 is 5.73 Å². The van der Waals surface area contributed by atoms with Crippen LogP contribution in [-0.4, -0.2) is 21.6 Å². The van der Waals surface area contributed by atoms with Gasteiger partial charge in [-0.05, 0) is 19.0 Å². The van der Waals surface area contributed by atoms with E-state index in [9.17, 15) is 5.11 Å². The zero-order chi connectivity index (χ0) is 9.68. The number of hydrogen-bond donors (Lipinski definition) is 2. The molecule has 0 bridgehead atoms. The zero-order valence-electron chi connectivity index (χ0n) is 7.72. The van der Waals surface area contributed by atoms with Crippen molar-refractivity contribution in [2.45, 2.75) is 19.4 Å². The van der Waals surface area contributed by atoms with Crippen molar-refractivity contribution in [3.8, 4) is 0 Å². The molecule has 4 nitrogen and oxygen atoms in total. The normalized spacial score (nSPS) is 15.3. The fourth-order valence-corrected chi connectivity index (χ4v) is 1.19. The molecule has 0 amide bonds. The Kier molecular flexibility index (Phi) is 3.79. The molecule has 0 spiro atoms. The number of nitrogens with two attached hydrogens (primary N) is 1. The highest BCUT2D eigenvalue weighted by atomic mass is 16.3. The molecule has 0 saturated heterocycles. The van der Waals surface area contributed by atoms with Crippen LogP contribution in [0.5, 0.6) is 0 Å².